The van der Waals surface area contributed by atoms with Gasteiger partial charge in [-0.3, -0.25) is 9.58 Å². The quantitative estimate of drug-likeness (QED) is 0.140. The van der Waals surface area contributed by atoms with Gasteiger partial charge >= 0.3 is 0 Å². The van der Waals surface area contributed by atoms with Crippen LogP contribution in [-0.2, 0) is 11.6 Å². The fourth-order valence-electron chi connectivity index (χ4n) is 7.02. The number of ether oxygens (including phenoxy) is 2. The van der Waals surface area contributed by atoms with Gasteiger partial charge in [-0.2, -0.15) is 15.2 Å². The van der Waals surface area contributed by atoms with Crippen molar-refractivity contribution >= 4 is 57.2 Å². The number of aromatic nitrogens is 6. The summed E-state index contributed by atoms with van der Waals surface area (Å²) >= 11 is 3.61. The summed E-state index contributed by atoms with van der Waals surface area (Å²) in [5, 5.41) is 16.3. The minimum Gasteiger partial charge on any atom is -0.494 e. The second-order valence-electron chi connectivity index (χ2n) is 13.5. The molecule has 4 heterocycles. The second kappa shape index (κ2) is 14.7. The summed E-state index contributed by atoms with van der Waals surface area (Å²) in [6.45, 7) is 7.49. The lowest BCUT2D eigenvalue weighted by atomic mass is 10.0. The summed E-state index contributed by atoms with van der Waals surface area (Å²) in [6, 6.07) is 10.6. The van der Waals surface area contributed by atoms with Crippen molar-refractivity contribution in [1.29, 1.82) is 0 Å². The van der Waals surface area contributed by atoms with E-state index in [0.717, 1.165) is 60.4 Å². The van der Waals surface area contributed by atoms with Crippen molar-refractivity contribution in [1.82, 2.24) is 34.4 Å². The van der Waals surface area contributed by atoms with E-state index in [4.69, 9.17) is 14.5 Å². The maximum absolute atomic E-state index is 13.5. The van der Waals surface area contributed by atoms with Gasteiger partial charge in [0.15, 0.2) is 5.75 Å². The van der Waals surface area contributed by atoms with Crippen molar-refractivity contribution in [2.75, 3.05) is 69.3 Å². The molecule has 0 radical (unpaired) electrons. The van der Waals surface area contributed by atoms with Crippen LogP contribution in [0.4, 0.5) is 28.8 Å². The number of anilines is 5. The van der Waals surface area contributed by atoms with Gasteiger partial charge in [-0.05, 0) is 66.4 Å². The first-order chi connectivity index (χ1) is 24.6. The zero-order valence-electron chi connectivity index (χ0n) is 29.6. The van der Waals surface area contributed by atoms with Crippen LogP contribution >= 0.6 is 23.1 Å². The predicted octanol–water partition coefficient (Wildman–Crippen LogP) is 6.64. The second-order valence-corrected chi connectivity index (χ2v) is 17.5. The number of methoxy groups -OCH3 is 2. The maximum Gasteiger partial charge on any atom is 0.229 e. The zero-order chi connectivity index (χ0) is 35.7. The van der Waals surface area contributed by atoms with Crippen LogP contribution in [0.3, 0.4) is 0 Å². The SMILES string of the molecule is COc1cnn(-c2ccc(Nc3nc(Nc4cc(-c5cnn(C)c5)c(N5CCN(C6CCCC6)CC5)cc4OC)ncc3Br)c(P(C)(C)=O)c2)c1. The Kier molecular flexibility index (Phi) is 10.1. The molecule has 2 fully saturated rings. The first kappa shape index (κ1) is 35.0. The highest BCUT2D eigenvalue weighted by atomic mass is 79.9. The van der Waals surface area contributed by atoms with Crippen LogP contribution in [0, 0.1) is 0 Å². The largest absolute Gasteiger partial charge is 0.494 e. The van der Waals surface area contributed by atoms with Crippen LogP contribution in [0.5, 0.6) is 11.5 Å². The Morgan fingerprint density at radius 2 is 1.69 bits per heavy atom. The van der Waals surface area contributed by atoms with Gasteiger partial charge in [0.2, 0.25) is 5.95 Å². The molecule has 1 aliphatic heterocycles. The minimum absolute atomic E-state index is 0.368. The summed E-state index contributed by atoms with van der Waals surface area (Å²) in [5.74, 6) is 2.20. The topological polar surface area (TPSA) is 127 Å². The molecule has 51 heavy (non-hydrogen) atoms. The average Bonchev–Trinajstić information content (AvgIpc) is 3.92. The highest BCUT2D eigenvalue weighted by Gasteiger charge is 2.28. The highest BCUT2D eigenvalue weighted by Crippen LogP contribution is 2.42. The molecule has 7 rings (SSSR count). The summed E-state index contributed by atoms with van der Waals surface area (Å²) in [4.78, 5) is 14.5. The summed E-state index contributed by atoms with van der Waals surface area (Å²) in [7, 11) is 2.48. The lowest BCUT2D eigenvalue weighted by molar-refractivity contribution is 0.187. The predicted molar refractivity (Wildman–Crippen MR) is 207 cm³/mol. The molecule has 1 saturated carbocycles. The number of halogens is 1. The number of aryl methyl sites for hydroxylation is 1. The normalized spacial score (nSPS) is 15.7. The third kappa shape index (κ3) is 7.63. The fourth-order valence-corrected chi connectivity index (χ4v) is 8.46. The van der Waals surface area contributed by atoms with Gasteiger partial charge in [-0.25, -0.2) is 9.67 Å². The van der Waals surface area contributed by atoms with Crippen molar-refractivity contribution in [3.05, 3.63) is 65.8 Å². The molecule has 2 aromatic carbocycles. The molecule has 5 aromatic rings. The van der Waals surface area contributed by atoms with Crippen molar-refractivity contribution in [2.45, 2.75) is 31.7 Å². The third-order valence-corrected chi connectivity index (χ3v) is 11.8. The number of rotatable bonds is 11. The van der Waals surface area contributed by atoms with Gasteiger partial charge in [0.1, 0.15) is 18.7 Å². The molecule has 0 spiro atoms. The van der Waals surface area contributed by atoms with E-state index in [9.17, 15) is 4.57 Å². The Hall–Kier alpha value is -4.39. The molecular formula is C36H44BrN10O3P. The lowest BCUT2D eigenvalue weighted by Gasteiger charge is -2.40. The number of piperazine rings is 1. The Bertz CT molecular complexity index is 2060. The standard InChI is InChI=1S/C36H44BrN10O3P/c1-44-22-24(19-39-44)28-17-31(33(50-3)18-32(28)46-14-12-45(13-15-46)25-8-6-7-9-25)42-36-38-21-29(37)35(43-36)41-30-11-10-26(16-34(30)51(4,5)48)47-23-27(49-2)20-40-47/h10-11,16-23,25H,6-9,12-15H2,1-5H3,(H2,38,41,42,43). The molecule has 0 bridgehead atoms. The van der Waals surface area contributed by atoms with Crippen molar-refractivity contribution in [3.8, 4) is 28.3 Å². The first-order valence-electron chi connectivity index (χ1n) is 17.1. The zero-order valence-corrected chi connectivity index (χ0v) is 32.1. The molecule has 0 amide bonds. The van der Waals surface area contributed by atoms with Crippen LogP contribution in [0.25, 0.3) is 16.8 Å². The van der Waals surface area contributed by atoms with Crippen LogP contribution in [-0.4, -0.2) is 94.2 Å². The van der Waals surface area contributed by atoms with Gasteiger partial charge in [0, 0.05) is 79.8 Å². The number of benzene rings is 2. The van der Waals surface area contributed by atoms with E-state index in [2.05, 4.69) is 63.7 Å². The molecule has 0 atom stereocenters. The summed E-state index contributed by atoms with van der Waals surface area (Å²) in [5.41, 5.74) is 5.35. The minimum atomic E-state index is -2.73. The Labute approximate surface area is 306 Å². The van der Waals surface area contributed by atoms with Gasteiger partial charge in [-0.1, -0.05) is 12.8 Å². The molecular weight excluding hydrogens is 731 g/mol. The van der Waals surface area contributed by atoms with Crippen molar-refractivity contribution in [2.24, 2.45) is 7.05 Å². The maximum atomic E-state index is 13.5. The van der Waals surface area contributed by atoms with Gasteiger partial charge in [0.05, 0.1) is 54.3 Å². The van der Waals surface area contributed by atoms with Crippen molar-refractivity contribution < 1.29 is 14.0 Å². The van der Waals surface area contributed by atoms with Gasteiger partial charge in [0.25, 0.3) is 0 Å². The summed E-state index contributed by atoms with van der Waals surface area (Å²) < 4.78 is 28.9. The van der Waals surface area contributed by atoms with E-state index in [1.807, 2.05) is 42.3 Å². The molecule has 0 unspecified atom stereocenters. The lowest BCUT2D eigenvalue weighted by Crippen LogP contribution is -2.49. The highest BCUT2D eigenvalue weighted by molar-refractivity contribution is 9.10. The molecule has 268 valence electrons. The molecule has 2 N–H and O–H groups in total. The molecule has 1 aliphatic carbocycles. The molecule has 13 nitrogen and oxygen atoms in total. The molecule has 15 heteroatoms. The number of nitrogens with zero attached hydrogens (tertiary/aromatic N) is 8. The summed E-state index contributed by atoms with van der Waals surface area (Å²) in [6.07, 6.45) is 14.4. The van der Waals surface area contributed by atoms with E-state index in [-0.39, 0.29) is 0 Å². The van der Waals surface area contributed by atoms with Crippen molar-refractivity contribution in [3.63, 3.8) is 0 Å². The monoisotopic (exact) mass is 774 g/mol. The van der Waals surface area contributed by atoms with E-state index in [0.29, 0.717) is 38.7 Å². The number of nitrogens with one attached hydrogen (secondary N) is 2. The molecule has 2 aliphatic rings. The fraction of sp³-hybridized carbons (Fsp3) is 0.389. The smallest absolute Gasteiger partial charge is 0.229 e. The van der Waals surface area contributed by atoms with Gasteiger partial charge < -0.3 is 29.6 Å². The average molecular weight is 776 g/mol. The van der Waals surface area contributed by atoms with Gasteiger partial charge in [-0.15, -0.1) is 0 Å². The van der Waals surface area contributed by atoms with E-state index < -0.39 is 7.14 Å². The Morgan fingerprint density at radius 1 is 0.902 bits per heavy atom. The Balaban J connectivity index is 1.18. The van der Waals surface area contributed by atoms with E-state index >= 15 is 0 Å². The van der Waals surface area contributed by atoms with E-state index in [1.54, 1.807) is 50.8 Å². The van der Waals surface area contributed by atoms with Crippen LogP contribution in [0.15, 0.2) is 65.8 Å². The van der Waals surface area contributed by atoms with E-state index in [1.165, 1.54) is 25.7 Å². The van der Waals surface area contributed by atoms with Crippen LogP contribution < -0.4 is 30.3 Å². The Morgan fingerprint density at radius 3 is 2.35 bits per heavy atom. The number of hydrogen-bond acceptors (Lipinski definition) is 11. The number of hydrogen-bond donors (Lipinski definition) is 2. The molecule has 3 aromatic heterocycles. The van der Waals surface area contributed by atoms with Crippen LogP contribution in [0.2, 0.25) is 0 Å². The first-order valence-corrected chi connectivity index (χ1v) is 20.5. The molecule has 1 saturated heterocycles. The third-order valence-electron chi connectivity index (χ3n) is 9.69. The van der Waals surface area contributed by atoms with Crippen LogP contribution in [0.1, 0.15) is 25.7 Å².